The highest BCUT2D eigenvalue weighted by molar-refractivity contribution is 5.98. The van der Waals surface area contributed by atoms with Gasteiger partial charge in [0.15, 0.2) is 0 Å². The van der Waals surface area contributed by atoms with E-state index in [-0.39, 0.29) is 29.8 Å². The maximum atomic E-state index is 12.2. The number of hydrogen-bond acceptors (Lipinski definition) is 3. The number of likely N-dealkylation sites (tertiary alicyclic amines) is 1. The average molecular weight is 288 g/mol. The quantitative estimate of drug-likeness (QED) is 0.869. The fourth-order valence-corrected chi connectivity index (χ4v) is 2.71. The Kier molecular flexibility index (Phi) is 4.19. The van der Waals surface area contributed by atoms with E-state index in [1.807, 2.05) is 45.9 Å². The van der Waals surface area contributed by atoms with Gasteiger partial charge in [-0.2, -0.15) is 0 Å². The molecule has 0 spiro atoms. The van der Waals surface area contributed by atoms with Gasteiger partial charge in [0.1, 0.15) is 0 Å². The summed E-state index contributed by atoms with van der Waals surface area (Å²) < 4.78 is 0. The molecule has 0 saturated carbocycles. The first kappa shape index (κ1) is 15.7. The molecule has 1 aliphatic heterocycles. The fraction of sp³-hybridized carbons (Fsp3) is 0.529. The van der Waals surface area contributed by atoms with Gasteiger partial charge in [-0.05, 0) is 36.0 Å². The molecule has 1 atom stereocenters. The van der Waals surface area contributed by atoms with Gasteiger partial charge in [-0.25, -0.2) is 0 Å². The Hall–Kier alpha value is -1.68. The number of carbonyl (C=O) groups excluding carboxylic acids is 2. The molecule has 1 heterocycles. The summed E-state index contributed by atoms with van der Waals surface area (Å²) in [7, 11) is 0. The minimum Gasteiger partial charge on any atom is -0.322 e. The number of rotatable bonds is 3. The lowest BCUT2D eigenvalue weighted by Gasteiger charge is -2.35. The SMILES string of the molecule is Cc1ccc(C(N)CN2C(=O)CC(C)(C)CC2=O)cc1C. The molecule has 1 aromatic carbocycles. The maximum absolute atomic E-state index is 12.2. The van der Waals surface area contributed by atoms with E-state index in [9.17, 15) is 9.59 Å². The summed E-state index contributed by atoms with van der Waals surface area (Å²) in [5.41, 5.74) is 9.28. The van der Waals surface area contributed by atoms with Gasteiger partial charge in [-0.3, -0.25) is 14.5 Å². The molecule has 1 aliphatic rings. The lowest BCUT2D eigenvalue weighted by Crippen LogP contribution is -2.48. The first-order chi connectivity index (χ1) is 9.69. The van der Waals surface area contributed by atoms with E-state index in [1.165, 1.54) is 16.0 Å². The van der Waals surface area contributed by atoms with E-state index in [1.54, 1.807) is 0 Å². The van der Waals surface area contributed by atoms with Gasteiger partial charge in [0.05, 0.1) is 0 Å². The number of nitrogens with zero attached hydrogens (tertiary/aromatic N) is 1. The van der Waals surface area contributed by atoms with Crippen LogP contribution in [0.15, 0.2) is 18.2 Å². The van der Waals surface area contributed by atoms with Gasteiger partial charge in [0.25, 0.3) is 0 Å². The Morgan fingerprint density at radius 2 is 1.71 bits per heavy atom. The van der Waals surface area contributed by atoms with Crippen LogP contribution < -0.4 is 5.73 Å². The van der Waals surface area contributed by atoms with Crippen molar-refractivity contribution in [2.75, 3.05) is 6.54 Å². The summed E-state index contributed by atoms with van der Waals surface area (Å²) >= 11 is 0. The Morgan fingerprint density at radius 3 is 2.24 bits per heavy atom. The normalized spacial score (nSPS) is 19.8. The minimum absolute atomic E-state index is 0.115. The van der Waals surface area contributed by atoms with Crippen molar-refractivity contribution in [3.8, 4) is 0 Å². The van der Waals surface area contributed by atoms with Crippen LogP contribution in [-0.4, -0.2) is 23.3 Å². The smallest absolute Gasteiger partial charge is 0.229 e. The number of amides is 2. The molecule has 1 unspecified atom stereocenters. The summed E-state index contributed by atoms with van der Waals surface area (Å²) in [6, 6.07) is 5.69. The van der Waals surface area contributed by atoms with Gasteiger partial charge >= 0.3 is 0 Å². The third-order valence-electron chi connectivity index (χ3n) is 4.20. The van der Waals surface area contributed by atoms with Crippen LogP contribution in [0.3, 0.4) is 0 Å². The zero-order chi connectivity index (χ0) is 15.8. The van der Waals surface area contributed by atoms with Gasteiger partial charge in [0.2, 0.25) is 11.8 Å². The highest BCUT2D eigenvalue weighted by atomic mass is 16.2. The van der Waals surface area contributed by atoms with Crippen molar-refractivity contribution in [1.29, 1.82) is 0 Å². The first-order valence-corrected chi connectivity index (χ1v) is 7.35. The monoisotopic (exact) mass is 288 g/mol. The summed E-state index contributed by atoms with van der Waals surface area (Å²) in [6.07, 6.45) is 0.802. The van der Waals surface area contributed by atoms with Crippen molar-refractivity contribution in [1.82, 2.24) is 4.90 Å². The van der Waals surface area contributed by atoms with E-state index < -0.39 is 0 Å². The molecule has 2 rings (SSSR count). The van der Waals surface area contributed by atoms with Crippen LogP contribution in [0, 0.1) is 19.3 Å². The van der Waals surface area contributed by atoms with Gasteiger partial charge in [0, 0.05) is 25.4 Å². The zero-order valence-electron chi connectivity index (χ0n) is 13.3. The highest BCUT2D eigenvalue weighted by Gasteiger charge is 2.37. The van der Waals surface area contributed by atoms with Crippen LogP contribution in [-0.2, 0) is 9.59 Å². The van der Waals surface area contributed by atoms with E-state index in [2.05, 4.69) is 0 Å². The Labute approximate surface area is 126 Å². The summed E-state index contributed by atoms with van der Waals surface area (Å²) in [6.45, 7) is 8.23. The largest absolute Gasteiger partial charge is 0.322 e. The topological polar surface area (TPSA) is 63.4 Å². The molecule has 1 aromatic rings. The third-order valence-corrected chi connectivity index (χ3v) is 4.20. The van der Waals surface area contributed by atoms with E-state index in [0.29, 0.717) is 12.8 Å². The van der Waals surface area contributed by atoms with Crippen LogP contribution in [0.4, 0.5) is 0 Å². The molecule has 2 amide bonds. The van der Waals surface area contributed by atoms with Crippen molar-refractivity contribution in [2.24, 2.45) is 11.1 Å². The molecule has 114 valence electrons. The number of carbonyl (C=O) groups is 2. The van der Waals surface area contributed by atoms with Crippen LogP contribution in [0.2, 0.25) is 0 Å². The van der Waals surface area contributed by atoms with Crippen LogP contribution in [0.5, 0.6) is 0 Å². The second-order valence-corrected chi connectivity index (χ2v) is 6.87. The molecule has 0 radical (unpaired) electrons. The summed E-state index contributed by atoms with van der Waals surface area (Å²) in [5, 5.41) is 0. The molecular formula is C17H24N2O2. The van der Waals surface area contributed by atoms with Gasteiger partial charge < -0.3 is 5.73 Å². The highest BCUT2D eigenvalue weighted by Crippen LogP contribution is 2.32. The Bertz CT molecular complexity index is 558. The molecule has 0 aromatic heterocycles. The van der Waals surface area contributed by atoms with Gasteiger partial charge in [-0.15, -0.1) is 0 Å². The molecule has 2 N–H and O–H groups in total. The fourth-order valence-electron chi connectivity index (χ4n) is 2.71. The van der Waals surface area contributed by atoms with Gasteiger partial charge in [-0.1, -0.05) is 32.0 Å². The molecule has 1 fully saturated rings. The Balaban J connectivity index is 2.12. The number of piperidine rings is 1. The number of hydrogen-bond donors (Lipinski definition) is 1. The molecule has 0 bridgehead atoms. The molecule has 4 nitrogen and oxygen atoms in total. The van der Waals surface area contributed by atoms with Crippen molar-refractivity contribution < 1.29 is 9.59 Å². The minimum atomic E-state index is -0.335. The molecule has 1 saturated heterocycles. The van der Waals surface area contributed by atoms with Crippen molar-refractivity contribution in [3.05, 3.63) is 34.9 Å². The van der Waals surface area contributed by atoms with E-state index in [0.717, 1.165) is 5.56 Å². The van der Waals surface area contributed by atoms with E-state index >= 15 is 0 Å². The van der Waals surface area contributed by atoms with Crippen LogP contribution in [0.1, 0.15) is 49.4 Å². The molecule has 21 heavy (non-hydrogen) atoms. The zero-order valence-corrected chi connectivity index (χ0v) is 13.3. The number of benzene rings is 1. The number of aryl methyl sites for hydroxylation is 2. The average Bonchev–Trinajstić information content (AvgIpc) is 2.35. The van der Waals surface area contributed by atoms with E-state index in [4.69, 9.17) is 5.73 Å². The second-order valence-electron chi connectivity index (χ2n) is 6.87. The lowest BCUT2D eigenvalue weighted by atomic mass is 9.81. The van der Waals surface area contributed by atoms with Crippen LogP contribution in [0.25, 0.3) is 0 Å². The van der Waals surface area contributed by atoms with Crippen molar-refractivity contribution >= 4 is 11.8 Å². The predicted molar refractivity (Wildman–Crippen MR) is 82.6 cm³/mol. The van der Waals surface area contributed by atoms with Crippen molar-refractivity contribution in [3.63, 3.8) is 0 Å². The second kappa shape index (κ2) is 5.60. The predicted octanol–water partition coefficient (Wildman–Crippen LogP) is 2.48. The number of nitrogens with two attached hydrogens (primary N) is 1. The number of imide groups is 1. The molecule has 0 aliphatic carbocycles. The molecular weight excluding hydrogens is 264 g/mol. The standard InChI is InChI=1S/C17H24N2O2/c1-11-5-6-13(7-12(11)2)14(18)10-19-15(20)8-17(3,4)9-16(19)21/h5-7,14H,8-10,18H2,1-4H3. The lowest BCUT2D eigenvalue weighted by molar-refractivity contribution is -0.152. The summed E-state index contributed by atoms with van der Waals surface area (Å²) in [4.78, 5) is 25.6. The van der Waals surface area contributed by atoms with Crippen LogP contribution >= 0.6 is 0 Å². The summed E-state index contributed by atoms with van der Waals surface area (Å²) in [5.74, 6) is -0.230. The Morgan fingerprint density at radius 1 is 1.14 bits per heavy atom. The maximum Gasteiger partial charge on any atom is 0.229 e. The third kappa shape index (κ3) is 3.50. The molecule has 4 heteroatoms. The first-order valence-electron chi connectivity index (χ1n) is 7.35. The van der Waals surface area contributed by atoms with Crippen molar-refractivity contribution in [2.45, 2.75) is 46.6 Å².